The van der Waals surface area contributed by atoms with Crippen LogP contribution in [0.15, 0.2) is 12.1 Å². The summed E-state index contributed by atoms with van der Waals surface area (Å²) in [6.07, 6.45) is -0.0668. The lowest BCUT2D eigenvalue weighted by molar-refractivity contribution is 0.163. The van der Waals surface area contributed by atoms with Crippen molar-refractivity contribution in [3.05, 3.63) is 17.9 Å². The number of hydrogen-bond donors (Lipinski definition) is 1. The maximum absolute atomic E-state index is 13.5. The molecule has 1 aromatic rings. The molecule has 0 amide bonds. The Balaban J connectivity index is 2.96. The van der Waals surface area contributed by atoms with E-state index < -0.39 is 5.82 Å². The normalized spacial score (nSPS) is 12.6. The lowest BCUT2D eigenvalue weighted by Crippen LogP contribution is -2.19. The molecule has 0 spiro atoms. The van der Waals surface area contributed by atoms with Gasteiger partial charge in [-0.1, -0.05) is 13.8 Å². The Hall–Kier alpha value is -1.45. The summed E-state index contributed by atoms with van der Waals surface area (Å²) in [5, 5.41) is 0. The lowest BCUT2D eigenvalue weighted by atomic mass is 10.1. The van der Waals surface area contributed by atoms with Crippen LogP contribution in [0.1, 0.15) is 20.8 Å². The molecule has 1 aromatic carbocycles. The number of hydrogen-bond acceptors (Lipinski definition) is 3. The van der Waals surface area contributed by atoms with E-state index >= 15 is 0 Å². The fourth-order valence-corrected chi connectivity index (χ4v) is 1.15. The summed E-state index contributed by atoms with van der Waals surface area (Å²) in [7, 11) is 1.49. The molecule has 2 N–H and O–H groups in total. The van der Waals surface area contributed by atoms with Gasteiger partial charge >= 0.3 is 0 Å². The van der Waals surface area contributed by atoms with Gasteiger partial charge in [0.15, 0.2) is 11.6 Å². The number of nitrogens with two attached hydrogens (primary N) is 1. The van der Waals surface area contributed by atoms with Crippen molar-refractivity contribution >= 4 is 5.69 Å². The second kappa shape index (κ2) is 5.05. The van der Waals surface area contributed by atoms with E-state index in [1.165, 1.54) is 19.2 Å². The maximum atomic E-state index is 13.5. The zero-order valence-electron chi connectivity index (χ0n) is 10.1. The molecule has 1 atom stereocenters. The van der Waals surface area contributed by atoms with Gasteiger partial charge in [0, 0.05) is 12.1 Å². The fourth-order valence-electron chi connectivity index (χ4n) is 1.15. The van der Waals surface area contributed by atoms with Gasteiger partial charge in [-0.2, -0.15) is 0 Å². The highest BCUT2D eigenvalue weighted by molar-refractivity contribution is 5.56. The van der Waals surface area contributed by atoms with Crippen LogP contribution in [0.4, 0.5) is 10.1 Å². The van der Waals surface area contributed by atoms with E-state index in [1.807, 2.05) is 20.8 Å². The molecular weight excluding hydrogens is 209 g/mol. The van der Waals surface area contributed by atoms with E-state index in [2.05, 4.69) is 0 Å². The lowest BCUT2D eigenvalue weighted by Gasteiger charge is -2.19. The average molecular weight is 227 g/mol. The van der Waals surface area contributed by atoms with Crippen LogP contribution in [0.2, 0.25) is 0 Å². The molecule has 0 aliphatic rings. The van der Waals surface area contributed by atoms with Crippen LogP contribution >= 0.6 is 0 Å². The second-order valence-corrected chi connectivity index (χ2v) is 4.09. The molecule has 3 nitrogen and oxygen atoms in total. The molecule has 90 valence electrons. The average Bonchev–Trinajstić information content (AvgIpc) is 2.21. The molecule has 0 aliphatic carbocycles. The smallest absolute Gasteiger partial charge is 0.167 e. The van der Waals surface area contributed by atoms with Gasteiger partial charge in [0.25, 0.3) is 0 Å². The van der Waals surface area contributed by atoms with E-state index in [1.54, 1.807) is 0 Å². The van der Waals surface area contributed by atoms with Crippen LogP contribution in [-0.4, -0.2) is 13.2 Å². The topological polar surface area (TPSA) is 44.5 Å². The summed E-state index contributed by atoms with van der Waals surface area (Å²) in [6, 6.07) is 2.69. The number of anilines is 1. The van der Waals surface area contributed by atoms with Crippen molar-refractivity contribution in [2.24, 2.45) is 5.92 Å². The Kier molecular flexibility index (Phi) is 3.99. The molecule has 4 heteroatoms. The third-order valence-electron chi connectivity index (χ3n) is 2.54. The van der Waals surface area contributed by atoms with E-state index in [4.69, 9.17) is 15.2 Å². The van der Waals surface area contributed by atoms with Crippen LogP contribution in [0.25, 0.3) is 0 Å². The van der Waals surface area contributed by atoms with Crippen molar-refractivity contribution in [1.29, 1.82) is 0 Å². The molecule has 0 radical (unpaired) electrons. The Labute approximate surface area is 95.4 Å². The fraction of sp³-hybridized carbons (Fsp3) is 0.500. The summed E-state index contributed by atoms with van der Waals surface area (Å²) in [5.41, 5.74) is 5.84. The molecule has 0 fully saturated rings. The van der Waals surface area contributed by atoms with Crippen molar-refractivity contribution in [2.45, 2.75) is 26.9 Å². The molecule has 0 saturated heterocycles. The molecule has 0 bridgehead atoms. The Morgan fingerprint density at radius 3 is 2.31 bits per heavy atom. The summed E-state index contributed by atoms with van der Waals surface area (Å²) in [6.45, 7) is 5.92. The zero-order chi connectivity index (χ0) is 12.3. The maximum Gasteiger partial charge on any atom is 0.167 e. The van der Waals surface area contributed by atoms with Crippen LogP contribution in [0, 0.1) is 11.7 Å². The minimum atomic E-state index is -0.467. The number of rotatable bonds is 4. The first-order valence-electron chi connectivity index (χ1n) is 5.25. The number of nitrogen functional groups attached to an aromatic ring is 1. The molecule has 0 aliphatic heterocycles. The summed E-state index contributed by atoms with van der Waals surface area (Å²) in [4.78, 5) is 0. The van der Waals surface area contributed by atoms with Crippen LogP contribution in [-0.2, 0) is 0 Å². The van der Waals surface area contributed by atoms with Gasteiger partial charge in [-0.05, 0) is 12.8 Å². The van der Waals surface area contributed by atoms with Crippen molar-refractivity contribution in [2.75, 3.05) is 12.8 Å². The van der Waals surface area contributed by atoms with Crippen molar-refractivity contribution in [3.63, 3.8) is 0 Å². The van der Waals surface area contributed by atoms with Gasteiger partial charge < -0.3 is 15.2 Å². The summed E-state index contributed by atoms with van der Waals surface area (Å²) in [5.74, 6) is 0.438. The number of benzene rings is 1. The van der Waals surface area contributed by atoms with Crippen molar-refractivity contribution < 1.29 is 13.9 Å². The SMILES string of the molecule is COc1cc(OC(C)C(C)C)c(F)cc1N. The van der Waals surface area contributed by atoms with Gasteiger partial charge in [-0.25, -0.2) is 4.39 Å². The molecule has 1 unspecified atom stereocenters. The van der Waals surface area contributed by atoms with E-state index in [0.717, 1.165) is 0 Å². The highest BCUT2D eigenvalue weighted by Crippen LogP contribution is 2.30. The summed E-state index contributed by atoms with van der Waals surface area (Å²) < 4.78 is 24.0. The Morgan fingerprint density at radius 1 is 1.19 bits per heavy atom. The zero-order valence-corrected chi connectivity index (χ0v) is 10.1. The molecular formula is C12H18FNO2. The summed E-state index contributed by atoms with van der Waals surface area (Å²) >= 11 is 0. The molecule has 1 rings (SSSR count). The van der Waals surface area contributed by atoms with E-state index in [9.17, 15) is 4.39 Å². The van der Waals surface area contributed by atoms with Crippen molar-refractivity contribution in [1.82, 2.24) is 0 Å². The first kappa shape index (κ1) is 12.6. The quantitative estimate of drug-likeness (QED) is 0.804. The largest absolute Gasteiger partial charge is 0.494 e. The Bertz CT molecular complexity index is 366. The number of methoxy groups -OCH3 is 1. The first-order valence-corrected chi connectivity index (χ1v) is 5.25. The molecule has 0 saturated carbocycles. The predicted octanol–water partition coefficient (Wildman–Crippen LogP) is 2.84. The molecule has 0 heterocycles. The molecule has 0 aromatic heterocycles. The van der Waals surface area contributed by atoms with Gasteiger partial charge in [-0.3, -0.25) is 0 Å². The monoisotopic (exact) mass is 227 g/mol. The van der Waals surface area contributed by atoms with Crippen LogP contribution < -0.4 is 15.2 Å². The minimum absolute atomic E-state index is 0.0668. The standard InChI is InChI=1S/C12H18FNO2/c1-7(2)8(3)16-11-6-12(15-4)10(14)5-9(11)13/h5-8H,14H2,1-4H3. The van der Waals surface area contributed by atoms with Gasteiger partial charge in [-0.15, -0.1) is 0 Å². The highest BCUT2D eigenvalue weighted by atomic mass is 19.1. The van der Waals surface area contributed by atoms with Crippen molar-refractivity contribution in [3.8, 4) is 11.5 Å². The first-order chi connectivity index (χ1) is 7.45. The Morgan fingerprint density at radius 2 is 1.81 bits per heavy atom. The minimum Gasteiger partial charge on any atom is -0.494 e. The number of ether oxygens (including phenoxy) is 2. The second-order valence-electron chi connectivity index (χ2n) is 4.09. The predicted molar refractivity (Wildman–Crippen MR) is 62.3 cm³/mol. The van der Waals surface area contributed by atoms with Crippen LogP contribution in [0.3, 0.4) is 0 Å². The third-order valence-corrected chi connectivity index (χ3v) is 2.54. The highest BCUT2D eigenvalue weighted by Gasteiger charge is 2.14. The van der Waals surface area contributed by atoms with Gasteiger partial charge in [0.05, 0.1) is 18.9 Å². The van der Waals surface area contributed by atoms with E-state index in [0.29, 0.717) is 11.7 Å². The van der Waals surface area contributed by atoms with Gasteiger partial charge in [0.1, 0.15) is 5.75 Å². The number of halogens is 1. The van der Waals surface area contributed by atoms with Gasteiger partial charge in [0.2, 0.25) is 0 Å². The third kappa shape index (κ3) is 2.78. The van der Waals surface area contributed by atoms with E-state index in [-0.39, 0.29) is 17.5 Å². The van der Waals surface area contributed by atoms with Crippen LogP contribution in [0.5, 0.6) is 11.5 Å². The molecule has 16 heavy (non-hydrogen) atoms.